The zero-order chi connectivity index (χ0) is 34.7. The van der Waals surface area contributed by atoms with Gasteiger partial charge in [0.2, 0.25) is 0 Å². The van der Waals surface area contributed by atoms with Crippen molar-refractivity contribution >= 4 is 29.0 Å². The molecule has 0 bridgehead atoms. The number of anilines is 3. The lowest BCUT2D eigenvalue weighted by Gasteiger charge is -2.14. The zero-order valence-corrected chi connectivity index (χ0v) is 27.4. The lowest BCUT2D eigenvalue weighted by molar-refractivity contribution is 0.0743. The van der Waals surface area contributed by atoms with Gasteiger partial charge in [-0.15, -0.1) is 0 Å². The van der Waals surface area contributed by atoms with Crippen LogP contribution in [0.2, 0.25) is 0 Å². The van der Waals surface area contributed by atoms with E-state index in [1.807, 2.05) is 18.2 Å². The van der Waals surface area contributed by atoms with Gasteiger partial charge in [0, 0.05) is 61.4 Å². The Morgan fingerprint density at radius 1 is 0.776 bits per heavy atom. The first kappa shape index (κ1) is 37.0. The highest BCUT2D eigenvalue weighted by Crippen LogP contribution is 2.22. The first-order valence-corrected chi connectivity index (χ1v) is 16.4. The topological polar surface area (TPSA) is 174 Å². The van der Waals surface area contributed by atoms with Crippen molar-refractivity contribution in [1.82, 2.24) is 10.3 Å². The standard InChI is InChI=1S/C37H45N5O7/c43-25-30-21-28(13-14-34(30)44)35(45)24-39-15-2-1-3-17-48-18-7-19-49-26-27-8-4-10-31(20-27)41-37(47)42-33-12-5-11-32(22-33)40-36(46)29-9-6-16-38-23-29/h4-6,8-14,16,20-23,35,39,43-45H,1-3,7,15,17-19,24-26H2,(H,40,46)(H2,41,42,47)/t35-/m0/s1. The molecule has 3 aromatic carbocycles. The predicted octanol–water partition coefficient (Wildman–Crippen LogP) is 5.59. The number of nitrogens with one attached hydrogen (secondary N) is 4. The number of aromatic hydroxyl groups is 1. The minimum absolute atomic E-state index is 0.0216. The summed E-state index contributed by atoms with van der Waals surface area (Å²) < 4.78 is 11.5. The molecule has 3 amide bonds. The number of aliphatic hydroxyl groups is 2. The number of amides is 3. The Bertz CT molecular complexity index is 1610. The molecule has 0 aliphatic rings. The molecule has 12 nitrogen and oxygen atoms in total. The van der Waals surface area contributed by atoms with Gasteiger partial charge in [-0.1, -0.05) is 24.3 Å². The molecule has 0 aliphatic heterocycles. The number of carbonyl (C=O) groups excluding carboxylic acids is 2. The maximum absolute atomic E-state index is 12.6. The number of aliphatic hydroxyl groups excluding tert-OH is 2. The molecule has 12 heteroatoms. The van der Waals surface area contributed by atoms with Crippen molar-refractivity contribution in [2.75, 3.05) is 48.9 Å². The van der Waals surface area contributed by atoms with Crippen molar-refractivity contribution in [3.63, 3.8) is 0 Å². The van der Waals surface area contributed by atoms with Gasteiger partial charge in [-0.05, 0) is 98.0 Å². The molecule has 0 saturated heterocycles. The number of urea groups is 1. The van der Waals surface area contributed by atoms with Crippen molar-refractivity contribution in [2.24, 2.45) is 0 Å². The van der Waals surface area contributed by atoms with Gasteiger partial charge in [0.1, 0.15) is 5.75 Å². The fourth-order valence-electron chi connectivity index (χ4n) is 4.89. The van der Waals surface area contributed by atoms with Crippen LogP contribution in [-0.4, -0.2) is 65.2 Å². The zero-order valence-electron chi connectivity index (χ0n) is 27.4. The molecule has 4 rings (SSSR count). The lowest BCUT2D eigenvalue weighted by atomic mass is 10.1. The second-order valence-corrected chi connectivity index (χ2v) is 11.4. The Hall–Kier alpha value is -4.85. The third-order valence-electron chi connectivity index (χ3n) is 7.47. The van der Waals surface area contributed by atoms with E-state index >= 15 is 0 Å². The number of unbranched alkanes of at least 4 members (excludes halogenated alkanes) is 2. The van der Waals surface area contributed by atoms with Crippen LogP contribution in [0.25, 0.3) is 0 Å². The van der Waals surface area contributed by atoms with E-state index in [-0.39, 0.29) is 18.3 Å². The fraction of sp³-hybridized carbons (Fsp3) is 0.324. The summed E-state index contributed by atoms with van der Waals surface area (Å²) >= 11 is 0. The number of hydrogen-bond acceptors (Lipinski definition) is 9. The number of pyridine rings is 1. The highest BCUT2D eigenvalue weighted by atomic mass is 16.5. The van der Waals surface area contributed by atoms with E-state index < -0.39 is 12.1 Å². The van der Waals surface area contributed by atoms with Crippen LogP contribution in [0, 0.1) is 0 Å². The summed E-state index contributed by atoms with van der Waals surface area (Å²) in [6.07, 6.45) is 6.07. The lowest BCUT2D eigenvalue weighted by Crippen LogP contribution is -2.22. The Kier molecular flexibility index (Phi) is 15.5. The highest BCUT2D eigenvalue weighted by Gasteiger charge is 2.11. The molecule has 4 aromatic rings. The van der Waals surface area contributed by atoms with E-state index in [0.717, 1.165) is 37.8 Å². The van der Waals surface area contributed by atoms with E-state index in [4.69, 9.17) is 9.47 Å². The van der Waals surface area contributed by atoms with Crippen molar-refractivity contribution in [3.8, 4) is 5.75 Å². The SMILES string of the molecule is O=C(Nc1cccc(COCCCOCCCCCNC[C@H](O)c2ccc(O)c(CO)c2)c1)Nc1cccc(NC(=O)c2cccnc2)c1. The van der Waals surface area contributed by atoms with E-state index in [1.54, 1.807) is 60.8 Å². The van der Waals surface area contributed by atoms with Gasteiger partial charge in [-0.25, -0.2) is 4.79 Å². The van der Waals surface area contributed by atoms with Crippen LogP contribution in [0.5, 0.6) is 5.75 Å². The van der Waals surface area contributed by atoms with Gasteiger partial charge >= 0.3 is 6.03 Å². The molecule has 260 valence electrons. The van der Waals surface area contributed by atoms with E-state index in [9.17, 15) is 24.9 Å². The van der Waals surface area contributed by atoms with Crippen molar-refractivity contribution in [2.45, 2.75) is 45.0 Å². The first-order valence-electron chi connectivity index (χ1n) is 16.4. The average Bonchev–Trinajstić information content (AvgIpc) is 3.11. The Balaban J connectivity index is 1.02. The van der Waals surface area contributed by atoms with Crippen LogP contribution >= 0.6 is 0 Å². The van der Waals surface area contributed by atoms with Gasteiger partial charge in [-0.2, -0.15) is 0 Å². The summed E-state index contributed by atoms with van der Waals surface area (Å²) in [6, 6.07) is 22.0. The molecular weight excluding hydrogens is 626 g/mol. The number of benzene rings is 3. The second-order valence-electron chi connectivity index (χ2n) is 11.4. The number of rotatable bonds is 20. The Morgan fingerprint density at radius 3 is 2.29 bits per heavy atom. The van der Waals surface area contributed by atoms with Crippen molar-refractivity contribution in [1.29, 1.82) is 0 Å². The maximum atomic E-state index is 12.6. The summed E-state index contributed by atoms with van der Waals surface area (Å²) in [7, 11) is 0. The summed E-state index contributed by atoms with van der Waals surface area (Å²) in [4.78, 5) is 29.0. The van der Waals surface area contributed by atoms with Crippen LogP contribution in [0.3, 0.4) is 0 Å². The molecule has 49 heavy (non-hydrogen) atoms. The maximum Gasteiger partial charge on any atom is 0.323 e. The quantitative estimate of drug-likeness (QED) is 0.0591. The number of aromatic nitrogens is 1. The molecule has 0 radical (unpaired) electrons. The smallest absolute Gasteiger partial charge is 0.323 e. The summed E-state index contributed by atoms with van der Waals surface area (Å²) in [6.45, 7) is 3.16. The molecule has 1 atom stereocenters. The monoisotopic (exact) mass is 671 g/mol. The minimum atomic E-state index is -0.708. The van der Waals surface area contributed by atoms with Crippen LogP contribution in [0.1, 0.15) is 58.8 Å². The van der Waals surface area contributed by atoms with Crippen LogP contribution < -0.4 is 21.3 Å². The number of ether oxygens (including phenoxy) is 2. The van der Waals surface area contributed by atoms with Crippen LogP contribution in [-0.2, 0) is 22.7 Å². The molecule has 1 aromatic heterocycles. The molecule has 0 saturated carbocycles. The molecule has 0 aliphatic carbocycles. The summed E-state index contributed by atoms with van der Waals surface area (Å²) in [5, 5.41) is 40.9. The predicted molar refractivity (Wildman–Crippen MR) is 189 cm³/mol. The molecule has 7 N–H and O–H groups in total. The van der Waals surface area contributed by atoms with Crippen molar-refractivity contribution < 1.29 is 34.4 Å². The number of hydrogen-bond donors (Lipinski definition) is 7. The molecule has 0 unspecified atom stereocenters. The van der Waals surface area contributed by atoms with Crippen LogP contribution in [0.4, 0.5) is 21.9 Å². The van der Waals surface area contributed by atoms with Gasteiger partial charge in [0.05, 0.1) is 24.9 Å². The molecular formula is C37H45N5O7. The van der Waals surface area contributed by atoms with Crippen molar-refractivity contribution in [3.05, 3.63) is 114 Å². The normalized spacial score (nSPS) is 11.6. The Labute approximate surface area is 286 Å². The van der Waals surface area contributed by atoms with Gasteiger partial charge in [0.25, 0.3) is 5.91 Å². The van der Waals surface area contributed by atoms with Gasteiger partial charge < -0.3 is 46.1 Å². The minimum Gasteiger partial charge on any atom is -0.508 e. The largest absolute Gasteiger partial charge is 0.508 e. The molecule has 1 heterocycles. The molecule has 0 spiro atoms. The van der Waals surface area contributed by atoms with Crippen LogP contribution in [0.15, 0.2) is 91.3 Å². The third kappa shape index (κ3) is 13.3. The fourth-order valence-corrected chi connectivity index (χ4v) is 4.89. The van der Waals surface area contributed by atoms with E-state index in [0.29, 0.717) is 66.7 Å². The van der Waals surface area contributed by atoms with Gasteiger partial charge in [0.15, 0.2) is 0 Å². The average molecular weight is 672 g/mol. The summed E-state index contributed by atoms with van der Waals surface area (Å²) in [5.74, 6) is -0.270. The van der Waals surface area contributed by atoms with E-state index in [2.05, 4.69) is 26.3 Å². The number of carbonyl (C=O) groups is 2. The number of phenols is 1. The highest BCUT2D eigenvalue weighted by molar-refractivity contribution is 6.05. The third-order valence-corrected chi connectivity index (χ3v) is 7.47. The number of nitrogens with zero attached hydrogens (tertiary/aromatic N) is 1. The summed E-state index contributed by atoms with van der Waals surface area (Å²) in [5.41, 5.74) is 4.12. The first-order chi connectivity index (χ1) is 23.9. The van der Waals surface area contributed by atoms with Gasteiger partial charge in [-0.3, -0.25) is 9.78 Å². The van der Waals surface area contributed by atoms with E-state index in [1.165, 1.54) is 12.3 Å². The molecule has 0 fully saturated rings. The Morgan fingerprint density at radius 2 is 1.51 bits per heavy atom. The second kappa shape index (κ2) is 20.5.